The maximum Gasteiger partial charge on any atom is 0.223 e. The molecule has 0 unspecified atom stereocenters. The second-order valence-electron chi connectivity index (χ2n) is 7.85. The van der Waals surface area contributed by atoms with Crippen LogP contribution in [0.5, 0.6) is 0 Å². The molecule has 1 amide bonds. The number of hydrogen-bond donors (Lipinski definition) is 1. The molecule has 3 heterocycles. The molecular weight excluding hydrogens is 306 g/mol. The largest absolute Gasteiger partial charge is 0.372 e. The lowest BCUT2D eigenvalue weighted by molar-refractivity contribution is -0.181. The molecule has 132 valence electrons. The van der Waals surface area contributed by atoms with E-state index in [2.05, 4.69) is 15.4 Å². The van der Waals surface area contributed by atoms with Gasteiger partial charge in [-0.2, -0.15) is 0 Å². The average molecular weight is 333 g/mol. The third-order valence-electron chi connectivity index (χ3n) is 5.76. The standard InChI is InChI=1S/C18H27N3O3/c1-13-7-16(20-24-13)9-21-11-18(12-21)6-5-14(10-23-18)8-19-17(22)15-3-2-4-15/h7,14-15H,2-6,8-12H2,1H3,(H,19,22)/t14-/m1/s1. The van der Waals surface area contributed by atoms with Crippen molar-refractivity contribution in [3.05, 3.63) is 17.5 Å². The highest BCUT2D eigenvalue weighted by molar-refractivity contribution is 5.79. The number of likely N-dealkylation sites (tertiary alicyclic amines) is 1. The van der Waals surface area contributed by atoms with E-state index in [9.17, 15) is 4.79 Å². The Balaban J connectivity index is 1.16. The number of ether oxygens (including phenoxy) is 1. The lowest BCUT2D eigenvalue weighted by atomic mass is 9.82. The van der Waals surface area contributed by atoms with Gasteiger partial charge in [0.2, 0.25) is 5.91 Å². The normalized spacial score (nSPS) is 26.8. The fourth-order valence-electron chi connectivity index (χ4n) is 3.99. The van der Waals surface area contributed by atoms with E-state index in [1.165, 1.54) is 6.42 Å². The highest BCUT2D eigenvalue weighted by atomic mass is 16.5. The van der Waals surface area contributed by atoms with Crippen LogP contribution >= 0.6 is 0 Å². The van der Waals surface area contributed by atoms with Crippen molar-refractivity contribution in [1.82, 2.24) is 15.4 Å². The van der Waals surface area contributed by atoms with Gasteiger partial charge in [-0.3, -0.25) is 9.69 Å². The fraction of sp³-hybridized carbons (Fsp3) is 0.778. The summed E-state index contributed by atoms with van der Waals surface area (Å²) in [6.07, 6.45) is 5.57. The second-order valence-corrected chi connectivity index (χ2v) is 7.85. The van der Waals surface area contributed by atoms with Crippen molar-refractivity contribution in [3.63, 3.8) is 0 Å². The average Bonchev–Trinajstić information content (AvgIpc) is 2.88. The topological polar surface area (TPSA) is 67.6 Å². The zero-order chi connectivity index (χ0) is 16.6. The van der Waals surface area contributed by atoms with E-state index in [-0.39, 0.29) is 17.4 Å². The van der Waals surface area contributed by atoms with Gasteiger partial charge in [0, 0.05) is 38.2 Å². The summed E-state index contributed by atoms with van der Waals surface area (Å²) in [4.78, 5) is 14.3. The molecule has 6 nitrogen and oxygen atoms in total. The van der Waals surface area contributed by atoms with E-state index in [0.717, 1.165) is 69.9 Å². The van der Waals surface area contributed by atoms with Gasteiger partial charge in [-0.05, 0) is 38.5 Å². The van der Waals surface area contributed by atoms with E-state index in [0.29, 0.717) is 5.92 Å². The third-order valence-corrected chi connectivity index (χ3v) is 5.76. The van der Waals surface area contributed by atoms with Gasteiger partial charge in [0.25, 0.3) is 0 Å². The molecule has 6 heteroatoms. The van der Waals surface area contributed by atoms with Crippen LogP contribution in [-0.4, -0.2) is 47.8 Å². The molecule has 1 aromatic rings. The van der Waals surface area contributed by atoms with Crippen LogP contribution in [0.2, 0.25) is 0 Å². The first-order chi connectivity index (χ1) is 11.6. The van der Waals surface area contributed by atoms with Gasteiger partial charge in [0.15, 0.2) is 0 Å². The lowest BCUT2D eigenvalue weighted by Crippen LogP contribution is -2.64. The molecule has 2 aliphatic heterocycles. The van der Waals surface area contributed by atoms with E-state index in [4.69, 9.17) is 9.26 Å². The van der Waals surface area contributed by atoms with Gasteiger partial charge >= 0.3 is 0 Å². The summed E-state index contributed by atoms with van der Waals surface area (Å²) in [6.45, 7) is 6.24. The first-order valence-corrected chi connectivity index (χ1v) is 9.18. The molecule has 24 heavy (non-hydrogen) atoms. The summed E-state index contributed by atoms with van der Waals surface area (Å²) in [7, 11) is 0. The van der Waals surface area contributed by atoms with Crippen LogP contribution in [0, 0.1) is 18.8 Å². The predicted molar refractivity (Wildman–Crippen MR) is 88.3 cm³/mol. The SMILES string of the molecule is Cc1cc(CN2CC3(CC[C@H](CNC(=O)C4CCC4)CO3)C2)no1. The second kappa shape index (κ2) is 6.48. The summed E-state index contributed by atoms with van der Waals surface area (Å²) in [5.74, 6) is 1.85. The van der Waals surface area contributed by atoms with Crippen LogP contribution in [0.25, 0.3) is 0 Å². The third kappa shape index (κ3) is 3.35. The van der Waals surface area contributed by atoms with Crippen molar-refractivity contribution >= 4 is 5.91 Å². The summed E-state index contributed by atoms with van der Waals surface area (Å²) in [5, 5.41) is 7.17. The van der Waals surface area contributed by atoms with Gasteiger partial charge in [-0.1, -0.05) is 11.6 Å². The number of hydrogen-bond acceptors (Lipinski definition) is 5. The zero-order valence-electron chi connectivity index (χ0n) is 14.4. The van der Waals surface area contributed by atoms with Gasteiger partial charge in [0.05, 0.1) is 17.9 Å². The molecule has 1 spiro atoms. The smallest absolute Gasteiger partial charge is 0.223 e. The van der Waals surface area contributed by atoms with E-state index in [1.54, 1.807) is 0 Å². The number of nitrogens with zero attached hydrogens (tertiary/aromatic N) is 2. The van der Waals surface area contributed by atoms with E-state index >= 15 is 0 Å². The van der Waals surface area contributed by atoms with E-state index < -0.39 is 0 Å². The highest BCUT2D eigenvalue weighted by Gasteiger charge is 2.46. The molecule has 4 rings (SSSR count). The van der Waals surface area contributed by atoms with Crippen LogP contribution in [0.1, 0.15) is 43.6 Å². The van der Waals surface area contributed by atoms with Gasteiger partial charge in [0.1, 0.15) is 5.76 Å². The van der Waals surface area contributed by atoms with Gasteiger partial charge in [-0.25, -0.2) is 0 Å². The van der Waals surface area contributed by atoms with Crippen LogP contribution in [-0.2, 0) is 16.1 Å². The zero-order valence-corrected chi connectivity index (χ0v) is 14.4. The lowest BCUT2D eigenvalue weighted by Gasteiger charge is -2.52. The highest BCUT2D eigenvalue weighted by Crippen LogP contribution is 2.36. The molecule has 3 aliphatic rings. The van der Waals surface area contributed by atoms with Gasteiger partial charge in [-0.15, -0.1) is 0 Å². The Bertz CT molecular complexity index is 580. The molecule has 1 aromatic heterocycles. The van der Waals surface area contributed by atoms with Crippen molar-refractivity contribution in [2.75, 3.05) is 26.2 Å². The Hall–Kier alpha value is -1.40. The first kappa shape index (κ1) is 16.1. The predicted octanol–water partition coefficient (Wildman–Crippen LogP) is 1.88. The Kier molecular flexibility index (Phi) is 4.35. The summed E-state index contributed by atoms with van der Waals surface area (Å²) >= 11 is 0. The molecular formula is C18H27N3O3. The molecule has 3 fully saturated rings. The van der Waals surface area contributed by atoms with Crippen molar-refractivity contribution in [1.29, 1.82) is 0 Å². The minimum absolute atomic E-state index is 0.0350. The Labute approximate surface area is 142 Å². The summed E-state index contributed by atoms with van der Waals surface area (Å²) in [6, 6.07) is 1.99. The molecule has 2 saturated heterocycles. The van der Waals surface area contributed by atoms with Crippen molar-refractivity contribution in [2.24, 2.45) is 11.8 Å². The molecule has 0 aromatic carbocycles. The Morgan fingerprint density at radius 1 is 1.42 bits per heavy atom. The van der Waals surface area contributed by atoms with Gasteiger partial charge < -0.3 is 14.6 Å². The van der Waals surface area contributed by atoms with Crippen molar-refractivity contribution in [2.45, 2.75) is 51.2 Å². The number of carbonyl (C=O) groups excluding carboxylic acids is 1. The minimum atomic E-state index is 0.0350. The maximum absolute atomic E-state index is 11.9. The first-order valence-electron chi connectivity index (χ1n) is 9.18. The van der Waals surface area contributed by atoms with Crippen LogP contribution < -0.4 is 5.32 Å². The molecule has 1 saturated carbocycles. The number of nitrogens with one attached hydrogen (secondary N) is 1. The van der Waals surface area contributed by atoms with Crippen molar-refractivity contribution in [3.8, 4) is 0 Å². The number of amides is 1. The maximum atomic E-state index is 11.9. The Morgan fingerprint density at radius 2 is 2.25 bits per heavy atom. The molecule has 1 aliphatic carbocycles. The van der Waals surface area contributed by atoms with Crippen LogP contribution in [0.3, 0.4) is 0 Å². The monoisotopic (exact) mass is 333 g/mol. The summed E-state index contributed by atoms with van der Waals surface area (Å²) in [5.41, 5.74) is 1.03. The van der Waals surface area contributed by atoms with E-state index in [1.807, 2.05) is 13.0 Å². The number of rotatable bonds is 5. The fourth-order valence-corrected chi connectivity index (χ4v) is 3.99. The quantitative estimate of drug-likeness (QED) is 0.891. The molecule has 1 atom stereocenters. The minimum Gasteiger partial charge on any atom is -0.372 e. The van der Waals surface area contributed by atoms with Crippen LogP contribution in [0.15, 0.2) is 10.6 Å². The summed E-state index contributed by atoms with van der Waals surface area (Å²) < 4.78 is 11.3. The van der Waals surface area contributed by atoms with Crippen molar-refractivity contribution < 1.29 is 14.1 Å². The Morgan fingerprint density at radius 3 is 2.83 bits per heavy atom. The number of aryl methyl sites for hydroxylation is 1. The number of carbonyl (C=O) groups is 1. The molecule has 0 bridgehead atoms. The number of aromatic nitrogens is 1. The van der Waals surface area contributed by atoms with Crippen LogP contribution in [0.4, 0.5) is 0 Å². The molecule has 1 N–H and O–H groups in total. The molecule has 0 radical (unpaired) electrons.